The first-order valence-corrected chi connectivity index (χ1v) is 10.4. The van der Waals surface area contributed by atoms with Gasteiger partial charge < -0.3 is 14.2 Å². The van der Waals surface area contributed by atoms with Gasteiger partial charge in [-0.2, -0.15) is 8.42 Å². The number of benzene rings is 2. The van der Waals surface area contributed by atoms with Crippen molar-refractivity contribution >= 4 is 62.0 Å². The van der Waals surface area contributed by atoms with Crippen LogP contribution in [0.2, 0.25) is 5.02 Å². The first-order valence-electron chi connectivity index (χ1n) is 7.42. The molecule has 2 aromatic rings. The van der Waals surface area contributed by atoms with Crippen molar-refractivity contribution in [2.75, 3.05) is 7.11 Å². The zero-order valence-electron chi connectivity index (χ0n) is 13.8. The van der Waals surface area contributed by atoms with Crippen LogP contribution in [0.15, 0.2) is 52.3 Å². The average molecular weight is 442 g/mol. The van der Waals surface area contributed by atoms with Gasteiger partial charge in [-0.15, -0.1) is 0 Å². The lowest BCUT2D eigenvalue weighted by atomic mass is 10.1. The van der Waals surface area contributed by atoms with E-state index >= 15 is 0 Å². The molecule has 0 saturated carbocycles. The van der Waals surface area contributed by atoms with Crippen LogP contribution in [0, 0.1) is 0 Å². The van der Waals surface area contributed by atoms with Gasteiger partial charge in [0.05, 0.1) is 12.0 Å². The van der Waals surface area contributed by atoms with Gasteiger partial charge in [-0.1, -0.05) is 47.7 Å². The zero-order valence-corrected chi connectivity index (χ0v) is 17.0. The summed E-state index contributed by atoms with van der Waals surface area (Å²) in [4.78, 5) is 12.2. The van der Waals surface area contributed by atoms with Gasteiger partial charge >= 0.3 is 10.1 Å². The molecular formula is C17H12ClNO5S3. The SMILES string of the molecule is COc1cccc(/C=C2/SC(=S)NC2=O)c1OS(=O)(=O)c1ccc(Cl)cc1. The van der Waals surface area contributed by atoms with Gasteiger partial charge in [-0.3, -0.25) is 4.79 Å². The number of thioether (sulfide) groups is 1. The third-order valence-corrected chi connectivity index (χ3v) is 6.10. The van der Waals surface area contributed by atoms with Gasteiger partial charge in [0.2, 0.25) is 0 Å². The van der Waals surface area contributed by atoms with E-state index < -0.39 is 10.1 Å². The highest BCUT2D eigenvalue weighted by molar-refractivity contribution is 8.26. The number of hydrogen-bond donors (Lipinski definition) is 1. The highest BCUT2D eigenvalue weighted by Gasteiger charge is 2.25. The number of carbonyl (C=O) groups excluding carboxylic acids is 1. The van der Waals surface area contributed by atoms with Crippen molar-refractivity contribution in [3.8, 4) is 11.5 Å². The standard InChI is InChI=1S/C17H12ClNO5S3/c1-23-13-4-2-3-10(9-14-16(20)19-17(25)26-14)15(13)24-27(21,22)12-7-5-11(18)6-8-12/h2-9H,1H3,(H,19,20,25)/b14-9+. The molecule has 1 heterocycles. The Balaban J connectivity index is 2.04. The van der Waals surface area contributed by atoms with E-state index in [0.717, 1.165) is 11.8 Å². The molecule has 1 aliphatic rings. The Morgan fingerprint density at radius 2 is 1.89 bits per heavy atom. The van der Waals surface area contributed by atoms with Crippen LogP contribution in [-0.4, -0.2) is 25.8 Å². The topological polar surface area (TPSA) is 81.7 Å². The van der Waals surface area contributed by atoms with E-state index in [0.29, 0.717) is 19.8 Å². The quantitative estimate of drug-likeness (QED) is 0.431. The summed E-state index contributed by atoms with van der Waals surface area (Å²) in [6, 6.07) is 10.4. The summed E-state index contributed by atoms with van der Waals surface area (Å²) in [7, 11) is -2.76. The molecule has 140 valence electrons. The van der Waals surface area contributed by atoms with E-state index in [4.69, 9.17) is 32.7 Å². The predicted molar refractivity (Wildman–Crippen MR) is 109 cm³/mol. The number of methoxy groups -OCH3 is 1. The molecule has 27 heavy (non-hydrogen) atoms. The second kappa shape index (κ2) is 7.89. The first-order chi connectivity index (χ1) is 12.8. The summed E-state index contributed by atoms with van der Waals surface area (Å²) < 4.78 is 36.2. The van der Waals surface area contributed by atoms with Gasteiger partial charge in [0, 0.05) is 10.6 Å². The molecule has 1 fully saturated rings. The Morgan fingerprint density at radius 1 is 1.19 bits per heavy atom. The van der Waals surface area contributed by atoms with Crippen molar-refractivity contribution in [1.82, 2.24) is 5.32 Å². The predicted octanol–water partition coefficient (Wildman–Crippen LogP) is 3.61. The van der Waals surface area contributed by atoms with Crippen LogP contribution >= 0.6 is 35.6 Å². The Labute approximate surface area is 170 Å². The molecule has 3 rings (SSSR count). The Kier molecular flexibility index (Phi) is 5.75. The molecule has 0 bridgehead atoms. The summed E-state index contributed by atoms with van der Waals surface area (Å²) in [6.45, 7) is 0. The van der Waals surface area contributed by atoms with Gasteiger partial charge in [0.1, 0.15) is 9.22 Å². The zero-order chi connectivity index (χ0) is 19.6. The van der Waals surface area contributed by atoms with Crippen LogP contribution < -0.4 is 14.2 Å². The van der Waals surface area contributed by atoms with Crippen LogP contribution in [0.1, 0.15) is 5.56 Å². The molecule has 0 aliphatic carbocycles. The molecule has 0 unspecified atom stereocenters. The molecule has 0 aromatic heterocycles. The number of ether oxygens (including phenoxy) is 1. The maximum absolute atomic E-state index is 12.6. The van der Waals surface area contributed by atoms with Gasteiger partial charge in [-0.25, -0.2) is 0 Å². The summed E-state index contributed by atoms with van der Waals surface area (Å²) in [5.41, 5.74) is 0.356. The van der Waals surface area contributed by atoms with E-state index in [-0.39, 0.29) is 22.3 Å². The molecular weight excluding hydrogens is 430 g/mol. The number of carbonyl (C=O) groups is 1. The minimum Gasteiger partial charge on any atom is -0.493 e. The van der Waals surface area contributed by atoms with E-state index in [1.807, 2.05) is 0 Å². The van der Waals surface area contributed by atoms with Crippen LogP contribution in [0.4, 0.5) is 0 Å². The lowest BCUT2D eigenvalue weighted by Crippen LogP contribution is -2.17. The molecule has 6 nitrogen and oxygen atoms in total. The maximum atomic E-state index is 12.6. The lowest BCUT2D eigenvalue weighted by molar-refractivity contribution is -0.115. The molecule has 10 heteroatoms. The highest BCUT2D eigenvalue weighted by atomic mass is 35.5. The number of amides is 1. The summed E-state index contributed by atoms with van der Waals surface area (Å²) >= 11 is 11.8. The van der Waals surface area contributed by atoms with E-state index in [2.05, 4.69) is 5.32 Å². The smallest absolute Gasteiger partial charge is 0.339 e. The molecule has 0 radical (unpaired) electrons. The van der Waals surface area contributed by atoms with Crippen LogP contribution in [0.3, 0.4) is 0 Å². The highest BCUT2D eigenvalue weighted by Crippen LogP contribution is 2.37. The normalized spacial score (nSPS) is 15.7. The van der Waals surface area contributed by atoms with Crippen LogP contribution in [0.25, 0.3) is 6.08 Å². The van der Waals surface area contributed by atoms with E-state index in [1.54, 1.807) is 18.2 Å². The minimum atomic E-state index is -4.14. The second-order valence-corrected chi connectivity index (χ2v) is 8.92. The summed E-state index contributed by atoms with van der Waals surface area (Å²) in [5, 5.41) is 2.90. The number of para-hydroxylation sites is 1. The first kappa shape index (κ1) is 19.7. The van der Waals surface area contributed by atoms with Crippen molar-refractivity contribution < 1.29 is 22.1 Å². The number of nitrogens with one attached hydrogen (secondary N) is 1. The lowest BCUT2D eigenvalue weighted by Gasteiger charge is -2.13. The molecule has 1 saturated heterocycles. The van der Waals surface area contributed by atoms with Gasteiger partial charge in [-0.05, 0) is 36.4 Å². The van der Waals surface area contributed by atoms with Crippen molar-refractivity contribution in [1.29, 1.82) is 0 Å². The summed E-state index contributed by atoms with van der Waals surface area (Å²) in [5.74, 6) is -0.194. The fraction of sp³-hybridized carbons (Fsp3) is 0.0588. The van der Waals surface area contributed by atoms with Crippen molar-refractivity contribution in [2.45, 2.75) is 4.90 Å². The van der Waals surface area contributed by atoms with Gasteiger partial charge in [0.15, 0.2) is 11.5 Å². The average Bonchev–Trinajstić information content (AvgIpc) is 2.93. The molecule has 1 amide bonds. The van der Waals surface area contributed by atoms with Gasteiger partial charge in [0.25, 0.3) is 5.91 Å². The van der Waals surface area contributed by atoms with Crippen LogP contribution in [0.5, 0.6) is 11.5 Å². The molecule has 1 aliphatic heterocycles. The monoisotopic (exact) mass is 441 g/mol. The van der Waals surface area contributed by atoms with Crippen LogP contribution in [-0.2, 0) is 14.9 Å². The number of halogens is 1. The van der Waals surface area contributed by atoms with Crippen molar-refractivity contribution in [3.63, 3.8) is 0 Å². The maximum Gasteiger partial charge on any atom is 0.339 e. The largest absolute Gasteiger partial charge is 0.493 e. The van der Waals surface area contributed by atoms with Crippen molar-refractivity contribution in [3.05, 3.63) is 58.0 Å². The fourth-order valence-corrected chi connectivity index (χ4v) is 4.34. The number of hydrogen-bond acceptors (Lipinski definition) is 7. The molecule has 2 aromatic carbocycles. The molecule has 0 atom stereocenters. The fourth-order valence-electron chi connectivity index (χ4n) is 2.22. The number of rotatable bonds is 5. The second-order valence-electron chi connectivity index (χ2n) is 5.22. The molecule has 0 spiro atoms. The molecule has 1 N–H and O–H groups in total. The van der Waals surface area contributed by atoms with Crippen molar-refractivity contribution in [2.24, 2.45) is 0 Å². The number of thiocarbonyl (C=S) groups is 1. The van der Waals surface area contributed by atoms with E-state index in [1.165, 1.54) is 37.5 Å². The summed E-state index contributed by atoms with van der Waals surface area (Å²) in [6.07, 6.45) is 1.49. The Hall–Kier alpha value is -2.07. The Morgan fingerprint density at radius 3 is 2.48 bits per heavy atom. The van der Waals surface area contributed by atoms with E-state index in [9.17, 15) is 13.2 Å². The Bertz CT molecular complexity index is 1050. The third kappa shape index (κ3) is 4.44. The third-order valence-electron chi connectivity index (χ3n) is 3.45. The minimum absolute atomic E-state index is 0.0336.